The molecule has 1 rings (SSSR count). The fourth-order valence-electron chi connectivity index (χ4n) is 3.90. The smallest absolute Gasteiger partial charge is 0.419 e. The third kappa shape index (κ3) is 9.64. The summed E-state index contributed by atoms with van der Waals surface area (Å²) in [6.45, 7) is 4.42. The number of carbonyl (C=O) groups excluding carboxylic acids is 2. The van der Waals surface area contributed by atoms with Crippen LogP contribution in [0.15, 0.2) is 0 Å². The average molecular weight is 505 g/mol. The maximum absolute atomic E-state index is 12.0. The van der Waals surface area contributed by atoms with Gasteiger partial charge in [-0.1, -0.05) is 0 Å². The molecule has 3 unspecified atom stereocenters. The van der Waals surface area contributed by atoms with Crippen LogP contribution in [0.1, 0.15) is 40.0 Å². The first kappa shape index (κ1) is 29.3. The summed E-state index contributed by atoms with van der Waals surface area (Å²) in [6, 6.07) is 0. The Morgan fingerprint density at radius 2 is 1.72 bits per heavy atom. The van der Waals surface area contributed by atoms with E-state index in [1.807, 2.05) is 0 Å². The largest absolute Gasteiger partial charge is 0.465 e. The van der Waals surface area contributed by atoms with Crippen molar-refractivity contribution in [1.82, 2.24) is 10.2 Å². The Morgan fingerprint density at radius 3 is 2.22 bits per heavy atom. The molecule has 0 aromatic rings. The zero-order valence-electron chi connectivity index (χ0n) is 18.5. The second-order valence-electron chi connectivity index (χ2n) is 8.27. The van der Waals surface area contributed by atoms with Gasteiger partial charge in [-0.05, 0) is 33.6 Å². The molecule has 0 radical (unpaired) electrons. The summed E-state index contributed by atoms with van der Waals surface area (Å²) in [5, 5.41) is 11.4. The Labute approximate surface area is 187 Å². The summed E-state index contributed by atoms with van der Waals surface area (Å²) >= 11 is 0. The van der Waals surface area contributed by atoms with Crippen molar-refractivity contribution in [3.63, 3.8) is 0 Å². The molecule has 188 valence electrons. The van der Waals surface area contributed by atoms with Gasteiger partial charge in [-0.25, -0.2) is 0 Å². The van der Waals surface area contributed by atoms with Crippen LogP contribution in [0, 0.1) is 0 Å². The van der Waals surface area contributed by atoms with Gasteiger partial charge in [-0.15, -0.1) is 0 Å². The minimum absolute atomic E-state index is 0.0872. The normalized spacial score (nSPS) is 26.3. The van der Waals surface area contributed by atoms with Gasteiger partial charge in [0.2, 0.25) is 0 Å². The number of nitrogens with one attached hydrogen (secondary N) is 1. The van der Waals surface area contributed by atoms with Gasteiger partial charge in [0, 0.05) is 25.0 Å². The lowest BCUT2D eigenvalue weighted by Crippen LogP contribution is -2.58. The number of likely N-dealkylation sites (tertiary alicyclic amines) is 1. The van der Waals surface area contributed by atoms with Crippen LogP contribution >= 0.6 is 15.5 Å². The lowest BCUT2D eigenvalue weighted by Gasteiger charge is -2.40. The molecule has 1 saturated heterocycles. The Bertz CT molecular complexity index is 694. The Kier molecular flexibility index (Phi) is 10.6. The molecule has 32 heavy (non-hydrogen) atoms. The van der Waals surface area contributed by atoms with Crippen molar-refractivity contribution in [2.45, 2.75) is 56.6 Å². The highest BCUT2D eigenvalue weighted by atomic mass is 31.3. The molecule has 0 amide bonds. The molecule has 1 aliphatic rings. The number of rotatable bonds is 11. The monoisotopic (exact) mass is 505 g/mol. The van der Waals surface area contributed by atoms with Gasteiger partial charge in [-0.3, -0.25) is 24.4 Å². The molecular formula is C17H35N2O11P2+. The van der Waals surface area contributed by atoms with E-state index in [4.69, 9.17) is 9.47 Å². The molecule has 0 spiro atoms. The standard InChI is InChI=1S/C17H34N2O11P2/c1-4-29-13(20)9-18-17(8-15(31(23,24)25)32(26,27)28)11-16(3,22)6-7-19(12-17)10-14(21)30-5-2/h15,18,22-25H,4-12H2,1-3H3,(H-,26,27,28)/p+1. The van der Waals surface area contributed by atoms with Crippen LogP contribution in [0.3, 0.4) is 0 Å². The molecule has 0 saturated carbocycles. The number of esters is 2. The Hall–Kier alpha value is -0.720. The molecule has 0 aromatic carbocycles. The van der Waals surface area contributed by atoms with Crippen LogP contribution in [0.2, 0.25) is 0 Å². The lowest BCUT2D eigenvalue weighted by atomic mass is 9.82. The maximum atomic E-state index is 12.0. The van der Waals surface area contributed by atoms with Crippen LogP contribution in [0.5, 0.6) is 0 Å². The van der Waals surface area contributed by atoms with Crippen molar-refractivity contribution < 1.29 is 53.2 Å². The molecule has 3 atom stereocenters. The van der Waals surface area contributed by atoms with Crippen molar-refractivity contribution >= 4 is 27.5 Å². The van der Waals surface area contributed by atoms with Gasteiger partial charge in [0.25, 0.3) is 5.40 Å². The summed E-state index contributed by atoms with van der Waals surface area (Å²) in [4.78, 5) is 74.2. The van der Waals surface area contributed by atoms with E-state index in [0.29, 0.717) is 0 Å². The number of nitrogens with zero attached hydrogens (tertiary/aromatic N) is 1. The first-order valence-electron chi connectivity index (χ1n) is 10.2. The van der Waals surface area contributed by atoms with Gasteiger partial charge >= 0.3 is 27.5 Å². The topological polar surface area (TPSA) is 206 Å². The Balaban J connectivity index is 3.38. The highest BCUT2D eigenvalue weighted by Gasteiger charge is 2.59. The van der Waals surface area contributed by atoms with Gasteiger partial charge < -0.3 is 24.4 Å². The quantitative estimate of drug-likeness (QED) is 0.132. The predicted octanol–water partition coefficient (Wildman–Crippen LogP) is -1.08. The molecule has 13 nitrogen and oxygen atoms in total. The van der Waals surface area contributed by atoms with E-state index in [1.54, 1.807) is 18.7 Å². The van der Waals surface area contributed by atoms with Crippen LogP contribution in [-0.4, -0.2) is 102 Å². The molecule has 1 fully saturated rings. The summed E-state index contributed by atoms with van der Waals surface area (Å²) in [7, 11) is -10.3. The van der Waals surface area contributed by atoms with Gasteiger partial charge in [0.1, 0.15) is 0 Å². The number of ether oxygens (including phenoxy) is 2. The summed E-state index contributed by atoms with van der Waals surface area (Å²) in [5.41, 5.74) is -2.92. The van der Waals surface area contributed by atoms with Crippen molar-refractivity contribution in [3.05, 3.63) is 0 Å². The van der Waals surface area contributed by atoms with E-state index < -0.39 is 57.0 Å². The van der Waals surface area contributed by atoms with Crippen LogP contribution in [-0.2, 0) is 23.6 Å². The first-order valence-corrected chi connectivity index (χ1v) is 13.6. The molecule has 0 aromatic heterocycles. The lowest BCUT2D eigenvalue weighted by molar-refractivity contribution is -0.145. The van der Waals surface area contributed by atoms with E-state index in [2.05, 4.69) is 5.32 Å². The second-order valence-corrected chi connectivity index (χ2v) is 12.3. The van der Waals surface area contributed by atoms with Gasteiger partial charge in [-0.2, -0.15) is 14.7 Å². The number of aliphatic hydroxyl groups is 1. The Morgan fingerprint density at radius 1 is 1.16 bits per heavy atom. The third-order valence-electron chi connectivity index (χ3n) is 5.14. The molecular weight excluding hydrogens is 470 g/mol. The van der Waals surface area contributed by atoms with Crippen molar-refractivity contribution in [3.8, 4) is 0 Å². The molecule has 0 bridgehead atoms. The fourth-order valence-corrected chi connectivity index (χ4v) is 6.69. The van der Waals surface area contributed by atoms with Crippen LogP contribution < -0.4 is 5.32 Å². The highest BCUT2D eigenvalue weighted by Crippen LogP contribution is 2.67. The summed E-state index contributed by atoms with van der Waals surface area (Å²) < 4.78 is 21.8. The number of hydrogen-bond donors (Lipinski definition) is 7. The SMILES string of the molecule is CCOC(=O)CNC1(CC(P(=O)(O)O)[P+](O)(O)O)CN(CC(=O)OCC)CCC(C)(O)C1. The molecule has 15 heteroatoms. The number of carbonyl (C=O) groups is 2. The fraction of sp³-hybridized carbons (Fsp3) is 0.882. The van der Waals surface area contributed by atoms with Crippen molar-refractivity contribution in [2.75, 3.05) is 39.4 Å². The third-order valence-corrected chi connectivity index (χ3v) is 8.92. The molecule has 7 N–H and O–H groups in total. The zero-order valence-corrected chi connectivity index (χ0v) is 20.3. The number of hydrogen-bond acceptors (Lipinski definition) is 11. The van der Waals surface area contributed by atoms with E-state index >= 15 is 0 Å². The zero-order chi connectivity index (χ0) is 24.8. The summed E-state index contributed by atoms with van der Waals surface area (Å²) in [6.07, 6.45) is -0.702. The van der Waals surface area contributed by atoms with Crippen molar-refractivity contribution in [2.24, 2.45) is 0 Å². The van der Waals surface area contributed by atoms with Gasteiger partial charge in [0.05, 0.1) is 31.9 Å². The van der Waals surface area contributed by atoms with E-state index in [-0.39, 0.29) is 45.7 Å². The molecule has 1 aliphatic heterocycles. The van der Waals surface area contributed by atoms with E-state index in [9.17, 15) is 43.7 Å². The van der Waals surface area contributed by atoms with Crippen LogP contribution in [0.25, 0.3) is 0 Å². The first-order chi connectivity index (χ1) is 14.5. The van der Waals surface area contributed by atoms with Crippen LogP contribution in [0.4, 0.5) is 0 Å². The van der Waals surface area contributed by atoms with Gasteiger partial charge in [0.15, 0.2) is 0 Å². The molecule has 1 heterocycles. The van der Waals surface area contributed by atoms with Crippen molar-refractivity contribution in [1.29, 1.82) is 0 Å². The highest BCUT2D eigenvalue weighted by molar-refractivity contribution is 7.74. The second kappa shape index (κ2) is 11.6. The predicted molar refractivity (Wildman–Crippen MR) is 114 cm³/mol. The minimum atomic E-state index is -5.23. The summed E-state index contributed by atoms with van der Waals surface area (Å²) in [5.74, 6) is -1.24. The van der Waals surface area contributed by atoms with E-state index in [0.717, 1.165) is 0 Å². The molecule has 0 aliphatic carbocycles. The minimum Gasteiger partial charge on any atom is -0.465 e. The average Bonchev–Trinajstić information content (AvgIpc) is 2.73. The van der Waals surface area contributed by atoms with E-state index in [1.165, 1.54) is 6.92 Å². The maximum Gasteiger partial charge on any atom is 0.419 e.